The number of esters is 1. The van der Waals surface area contributed by atoms with Crippen molar-refractivity contribution >= 4 is 88.7 Å². The van der Waals surface area contributed by atoms with Gasteiger partial charge in [0.2, 0.25) is 65.0 Å². The SMILES string of the molecule is CC[C@H](C)[C@@H]1NC(=O)[C@@H](CCCNC(=N)N)NC(=O)[C@H](CC(C)C)NC(=O)[C@H]([C@H](O)C(C)C)NC(=O)[C@@H](NC(=O)[C@H](Cc2ccc([N+](=O)[O-])cc2)NC(=O)[C@H]2CCCN2C(=O)OC(C)(C)C)[C@@H](c2ccccc2)OC(=O)[C@H](CO)NC(=O)[C@H]([C@H](O)C(N)=O)NC(=O)CNC(=O)[C@H]([C@H](C)O)NC1=O. The highest BCUT2D eigenvalue weighted by atomic mass is 16.6. The van der Waals surface area contributed by atoms with E-state index in [1.54, 1.807) is 48.5 Å². The van der Waals surface area contributed by atoms with E-state index < -0.39 is 216 Å². The maximum absolute atomic E-state index is 15.7. The summed E-state index contributed by atoms with van der Waals surface area (Å²) in [7, 11) is 0. The Morgan fingerprint density at radius 3 is 1.89 bits per heavy atom. The number of aliphatic hydroxyl groups excluding tert-OH is 4. The van der Waals surface area contributed by atoms with Crippen LogP contribution in [0.2, 0.25) is 0 Å². The molecule has 0 unspecified atom stereocenters. The third-order valence-corrected chi connectivity index (χ3v) is 16.5. The molecule has 2 saturated heterocycles. The normalized spacial score (nSPS) is 24.3. The second kappa shape index (κ2) is 39.2. The third-order valence-electron chi connectivity index (χ3n) is 16.5. The third kappa shape index (κ3) is 25.5. The van der Waals surface area contributed by atoms with Gasteiger partial charge < -0.3 is 99.9 Å². The van der Waals surface area contributed by atoms with Crippen LogP contribution in [0.3, 0.4) is 0 Å². The number of nitrogens with one attached hydrogen (secondary N) is 12. The molecule has 564 valence electrons. The summed E-state index contributed by atoms with van der Waals surface area (Å²) in [5.41, 5.74) is 9.48. The van der Waals surface area contributed by atoms with Crippen LogP contribution in [0.5, 0.6) is 0 Å². The van der Waals surface area contributed by atoms with Gasteiger partial charge >= 0.3 is 12.1 Å². The summed E-state index contributed by atoms with van der Waals surface area (Å²) >= 11 is 0. The minimum atomic E-state index is -2.64. The van der Waals surface area contributed by atoms with E-state index in [0.29, 0.717) is 6.42 Å². The predicted molar refractivity (Wildman–Crippen MR) is 361 cm³/mol. The Balaban J connectivity index is 2.04. The van der Waals surface area contributed by atoms with Gasteiger partial charge in [-0.2, -0.15) is 0 Å². The highest BCUT2D eigenvalue weighted by Crippen LogP contribution is 2.26. The van der Waals surface area contributed by atoms with E-state index in [1.165, 1.54) is 56.3 Å². The number of nitro benzene ring substituents is 1. The van der Waals surface area contributed by atoms with Crippen LogP contribution in [0, 0.1) is 33.3 Å². The Hall–Kier alpha value is -10.1. The van der Waals surface area contributed by atoms with Gasteiger partial charge in [0, 0.05) is 31.6 Å². The Morgan fingerprint density at radius 2 is 1.33 bits per heavy atom. The van der Waals surface area contributed by atoms with Crippen molar-refractivity contribution in [2.75, 3.05) is 26.2 Å². The number of likely N-dealkylation sites (tertiary alicyclic amines) is 1. The molecule has 0 aromatic heterocycles. The minimum Gasteiger partial charge on any atom is -0.453 e. The Labute approximate surface area is 588 Å². The zero-order chi connectivity index (χ0) is 76.6. The Morgan fingerprint density at radius 1 is 0.755 bits per heavy atom. The molecule has 0 saturated carbocycles. The molecule has 2 heterocycles. The summed E-state index contributed by atoms with van der Waals surface area (Å²) in [6, 6.07) is -7.56. The molecule has 4 rings (SSSR count). The Bertz CT molecular complexity index is 3320. The first-order chi connectivity index (χ1) is 47.8. The fourth-order valence-electron chi connectivity index (χ4n) is 10.7. The van der Waals surface area contributed by atoms with Gasteiger partial charge in [0.1, 0.15) is 60.0 Å². The molecule has 37 nitrogen and oxygen atoms in total. The maximum Gasteiger partial charge on any atom is 0.410 e. The van der Waals surface area contributed by atoms with E-state index in [2.05, 4.69) is 47.9 Å². The number of hydrogen-bond donors (Lipinski definition) is 18. The van der Waals surface area contributed by atoms with Crippen molar-refractivity contribution in [3.8, 4) is 0 Å². The molecule has 0 bridgehead atoms. The molecule has 37 heteroatoms. The van der Waals surface area contributed by atoms with Crippen molar-refractivity contribution in [3.05, 3.63) is 75.8 Å². The smallest absolute Gasteiger partial charge is 0.410 e. The number of nitrogens with zero attached hydrogens (tertiary/aromatic N) is 2. The van der Waals surface area contributed by atoms with E-state index in [0.717, 1.165) is 24.0 Å². The molecule has 2 aromatic rings. The molecule has 0 aliphatic carbocycles. The van der Waals surface area contributed by atoms with Crippen LogP contribution >= 0.6 is 0 Å². The maximum atomic E-state index is 15.7. The van der Waals surface area contributed by atoms with Gasteiger partial charge in [-0.05, 0) is 88.7 Å². The summed E-state index contributed by atoms with van der Waals surface area (Å²) in [6.45, 7) is 12.8. The first-order valence-electron chi connectivity index (χ1n) is 33.3. The number of cyclic esters (lactones) is 1. The summed E-state index contributed by atoms with van der Waals surface area (Å²) in [4.78, 5) is 199. The van der Waals surface area contributed by atoms with Crippen molar-refractivity contribution in [3.63, 3.8) is 0 Å². The molecular weight excluding hydrogens is 1340 g/mol. The standard InChI is InChI=1S/C65H98N16O21/c1-11-33(6)44-58(93)77-45(34(7)83)57(92)70-29-43(84)75-47(50(86)52(66)87)60(95)74-41(30-82)62(97)101-51(36-17-13-12-14-18-36)48(79-55(90)40(28-35-21-23-37(24-22-35)81(99)100)72-56(91)42-20-16-26-80(42)64(98)102-65(8,9)10)61(96)78-46(49(85)32(4)5)59(94)73-39(27-31(2)3)54(89)71-38(53(88)76-44)19-15-25-69-63(67)68/h12-14,17-18,21-24,31-34,38-42,44-51,82-83,85-86H,11,15-16,19-20,25-30H2,1-10H3,(H2,66,87)(H,70,92)(H,71,89)(H,72,91)(H,73,94)(H,74,95)(H,75,84)(H,76,88)(H,77,93)(H,78,96)(H,79,90)(H4,67,68,69)/t33-,34-,38+,39-,40-,41-,42+,44-,45-,46-,47-,48-,49+,50-,51+/m0/s1. The second-order valence-corrected chi connectivity index (χ2v) is 26.7. The molecule has 102 heavy (non-hydrogen) atoms. The van der Waals surface area contributed by atoms with Crippen LogP contribution in [0.25, 0.3) is 0 Å². The lowest BCUT2D eigenvalue weighted by Gasteiger charge is -2.34. The van der Waals surface area contributed by atoms with Gasteiger partial charge in [0.25, 0.3) is 5.69 Å². The van der Waals surface area contributed by atoms with E-state index >= 15 is 14.4 Å². The number of benzene rings is 2. The van der Waals surface area contributed by atoms with Gasteiger partial charge in [-0.25, -0.2) is 9.59 Å². The van der Waals surface area contributed by atoms with Gasteiger partial charge in [-0.3, -0.25) is 73.2 Å². The number of guanidine groups is 1. The average molecular weight is 1440 g/mol. The van der Waals surface area contributed by atoms with E-state index in [1.807, 2.05) is 10.6 Å². The highest BCUT2D eigenvalue weighted by molar-refractivity contribution is 6.00. The number of nitro groups is 1. The minimum absolute atomic E-state index is 0.0217. The molecule has 2 fully saturated rings. The molecule has 2 aliphatic rings. The highest BCUT2D eigenvalue weighted by Gasteiger charge is 2.45. The number of primary amides is 1. The molecule has 12 amide bonds. The van der Waals surface area contributed by atoms with Crippen LogP contribution in [0.4, 0.5) is 10.5 Å². The zero-order valence-electron chi connectivity index (χ0n) is 58.6. The van der Waals surface area contributed by atoms with E-state index in [9.17, 15) is 78.5 Å². The summed E-state index contributed by atoms with van der Waals surface area (Å²) in [5.74, 6) is -18.2. The van der Waals surface area contributed by atoms with Crippen LogP contribution in [0.1, 0.15) is 125 Å². The van der Waals surface area contributed by atoms with E-state index in [-0.39, 0.29) is 62.0 Å². The summed E-state index contributed by atoms with van der Waals surface area (Å²) in [5, 5.41) is 90.2. The Kier molecular flexibility index (Phi) is 32.4. The van der Waals surface area contributed by atoms with Crippen molar-refractivity contribution < 1.29 is 97.2 Å². The van der Waals surface area contributed by atoms with Crippen molar-refractivity contribution in [1.82, 2.24) is 63.4 Å². The molecule has 15 atom stereocenters. The summed E-state index contributed by atoms with van der Waals surface area (Å²) < 4.78 is 11.5. The molecular formula is C65H98N16O21. The zero-order valence-corrected chi connectivity index (χ0v) is 58.6. The number of aliphatic hydroxyl groups is 4. The van der Waals surface area contributed by atoms with Crippen molar-refractivity contribution in [2.24, 2.45) is 29.2 Å². The number of nitrogens with two attached hydrogens (primary N) is 2. The van der Waals surface area contributed by atoms with Crippen LogP contribution in [0.15, 0.2) is 54.6 Å². The number of non-ortho nitro benzene ring substituents is 1. The van der Waals surface area contributed by atoms with Crippen LogP contribution in [-0.4, -0.2) is 224 Å². The van der Waals surface area contributed by atoms with Crippen LogP contribution in [-0.2, 0) is 73.4 Å². The van der Waals surface area contributed by atoms with E-state index in [4.69, 9.17) is 26.4 Å². The lowest BCUT2D eigenvalue weighted by molar-refractivity contribution is -0.384. The fraction of sp³-hybridized carbons (Fsp3) is 0.600. The second-order valence-electron chi connectivity index (χ2n) is 26.7. The largest absolute Gasteiger partial charge is 0.453 e. The molecule has 0 spiro atoms. The topological polar surface area (TPSA) is 576 Å². The quantitative estimate of drug-likeness (QED) is 0.0133. The van der Waals surface area contributed by atoms with Gasteiger partial charge in [0.05, 0.1) is 30.3 Å². The fourth-order valence-corrected chi connectivity index (χ4v) is 10.7. The average Bonchev–Trinajstić information content (AvgIpc) is 1.18. The van der Waals surface area contributed by atoms with Crippen LogP contribution < -0.4 is 70.0 Å². The number of carbonyl (C=O) groups is 13. The molecule has 0 radical (unpaired) electrons. The summed E-state index contributed by atoms with van der Waals surface area (Å²) in [6.07, 6.45) is -9.74. The number of carbonyl (C=O) groups excluding carboxylic acids is 13. The van der Waals surface area contributed by atoms with Gasteiger partial charge in [0.15, 0.2) is 24.2 Å². The van der Waals surface area contributed by atoms with Gasteiger partial charge in [-0.15, -0.1) is 0 Å². The lowest BCUT2D eigenvalue weighted by Crippen LogP contribution is -2.64. The number of rotatable bonds is 22. The molecule has 2 aromatic carbocycles. The van der Waals surface area contributed by atoms with Crippen molar-refractivity contribution in [1.29, 1.82) is 5.41 Å². The number of hydrogen-bond acceptors (Lipinski definition) is 22. The number of ether oxygens (including phenoxy) is 2. The number of amides is 12. The monoisotopic (exact) mass is 1440 g/mol. The van der Waals surface area contributed by atoms with Gasteiger partial charge in [-0.1, -0.05) is 90.4 Å². The first-order valence-corrected chi connectivity index (χ1v) is 33.3. The predicted octanol–water partition coefficient (Wildman–Crippen LogP) is -4.09. The first kappa shape index (κ1) is 84.3. The molecule has 20 N–H and O–H groups in total. The lowest BCUT2D eigenvalue weighted by atomic mass is 9.95. The molecule has 2 aliphatic heterocycles. The van der Waals surface area contributed by atoms with Crippen molar-refractivity contribution in [2.45, 2.75) is 205 Å².